The van der Waals surface area contributed by atoms with Gasteiger partial charge in [-0.1, -0.05) is 0 Å². The number of rotatable bonds is 3. The van der Waals surface area contributed by atoms with E-state index in [2.05, 4.69) is 31.2 Å². The summed E-state index contributed by atoms with van der Waals surface area (Å²) in [5, 5.41) is 3.98. The van der Waals surface area contributed by atoms with E-state index in [1.165, 1.54) is 0 Å². The first-order valence-electron chi connectivity index (χ1n) is 7.20. The van der Waals surface area contributed by atoms with E-state index in [0.29, 0.717) is 25.7 Å². The summed E-state index contributed by atoms with van der Waals surface area (Å²) >= 11 is 5.02. The number of aryl methyl sites for hydroxylation is 1. The number of aliphatic imine (C=N–C) groups is 1. The highest BCUT2D eigenvalue weighted by molar-refractivity contribution is 9.11. The van der Waals surface area contributed by atoms with Gasteiger partial charge in [0.2, 0.25) is 0 Å². The quantitative estimate of drug-likeness (QED) is 0.614. The number of halogens is 1. The van der Waals surface area contributed by atoms with Crippen LogP contribution in [0.15, 0.2) is 27.0 Å². The minimum Gasteiger partial charge on any atom is -0.490 e. The molecule has 122 valence electrons. The molecule has 0 bridgehead atoms. The van der Waals surface area contributed by atoms with Gasteiger partial charge in [-0.2, -0.15) is 0 Å². The number of guanidine groups is 1. The highest BCUT2D eigenvalue weighted by atomic mass is 79.9. The molecule has 0 atom stereocenters. The highest BCUT2D eigenvalue weighted by Crippen LogP contribution is 2.32. The van der Waals surface area contributed by atoms with Crippen LogP contribution in [0.2, 0.25) is 0 Å². The van der Waals surface area contributed by atoms with Crippen LogP contribution in [-0.2, 0) is 6.54 Å². The molecule has 23 heavy (non-hydrogen) atoms. The zero-order valence-corrected chi connectivity index (χ0v) is 15.0. The number of anilines is 1. The fraction of sp³-hybridized carbons (Fsp3) is 0.333. The molecule has 0 saturated heterocycles. The molecule has 0 spiro atoms. The van der Waals surface area contributed by atoms with Gasteiger partial charge < -0.3 is 20.5 Å². The van der Waals surface area contributed by atoms with Crippen LogP contribution in [0.5, 0.6) is 11.5 Å². The summed E-state index contributed by atoms with van der Waals surface area (Å²) in [6, 6.07) is 5.63. The smallest absolute Gasteiger partial charge is 0.193 e. The molecule has 6 nitrogen and oxygen atoms in total. The molecule has 1 aliphatic heterocycles. The molecule has 8 heteroatoms. The van der Waals surface area contributed by atoms with Gasteiger partial charge in [0.05, 0.1) is 29.2 Å². The van der Waals surface area contributed by atoms with Gasteiger partial charge in [0.25, 0.3) is 0 Å². The Balaban J connectivity index is 1.66. The molecule has 0 saturated carbocycles. The van der Waals surface area contributed by atoms with E-state index in [9.17, 15) is 0 Å². The Morgan fingerprint density at radius 1 is 1.39 bits per heavy atom. The van der Waals surface area contributed by atoms with Crippen molar-refractivity contribution in [3.8, 4) is 11.5 Å². The molecule has 0 unspecified atom stereocenters. The van der Waals surface area contributed by atoms with Gasteiger partial charge in [-0.3, -0.25) is 0 Å². The number of hydrogen-bond donors (Lipinski definition) is 2. The number of ether oxygens (including phenoxy) is 2. The van der Waals surface area contributed by atoms with E-state index >= 15 is 0 Å². The highest BCUT2D eigenvalue weighted by Gasteiger charge is 2.11. The third-order valence-corrected chi connectivity index (χ3v) is 5.18. The maximum Gasteiger partial charge on any atom is 0.193 e. The molecule has 0 fully saturated rings. The number of nitrogens with one attached hydrogen (secondary N) is 1. The summed E-state index contributed by atoms with van der Waals surface area (Å²) in [5.41, 5.74) is 7.72. The zero-order valence-electron chi connectivity index (χ0n) is 12.6. The Kier molecular flexibility index (Phi) is 5.02. The molecule has 1 aromatic carbocycles. The van der Waals surface area contributed by atoms with Crippen molar-refractivity contribution in [1.29, 1.82) is 0 Å². The minimum absolute atomic E-state index is 0.337. The predicted octanol–water partition coefficient (Wildman–Crippen LogP) is 3.30. The van der Waals surface area contributed by atoms with Gasteiger partial charge in [-0.15, -0.1) is 11.3 Å². The first-order valence-corrected chi connectivity index (χ1v) is 8.81. The Morgan fingerprint density at radius 2 is 2.17 bits per heavy atom. The zero-order chi connectivity index (χ0) is 16.2. The van der Waals surface area contributed by atoms with E-state index in [1.54, 1.807) is 11.3 Å². The van der Waals surface area contributed by atoms with Crippen LogP contribution in [0, 0.1) is 6.92 Å². The first kappa shape index (κ1) is 16.1. The summed E-state index contributed by atoms with van der Waals surface area (Å²) in [6.45, 7) is 3.72. The second-order valence-electron chi connectivity index (χ2n) is 5.01. The predicted molar refractivity (Wildman–Crippen MR) is 95.5 cm³/mol. The topological polar surface area (TPSA) is 81.8 Å². The molecule has 1 aromatic heterocycles. The maximum absolute atomic E-state index is 5.94. The van der Waals surface area contributed by atoms with Crippen molar-refractivity contribution < 1.29 is 9.47 Å². The Bertz CT molecular complexity index is 713. The van der Waals surface area contributed by atoms with Crippen LogP contribution in [-0.4, -0.2) is 24.2 Å². The summed E-state index contributed by atoms with van der Waals surface area (Å²) in [4.78, 5) is 8.72. The number of fused-ring (bicyclic) bond motifs is 1. The van der Waals surface area contributed by atoms with Crippen molar-refractivity contribution in [2.24, 2.45) is 10.7 Å². The van der Waals surface area contributed by atoms with Crippen molar-refractivity contribution in [3.63, 3.8) is 0 Å². The standard InChI is InChI=1S/C15H17BrN4O2S/c1-9-14(16)23-13(19-9)8-18-15(17)20-10-3-4-11-12(7-10)22-6-2-5-21-11/h3-4,7H,2,5-6,8H2,1H3,(H3,17,18,20). The van der Waals surface area contributed by atoms with Crippen LogP contribution in [0.4, 0.5) is 5.69 Å². The SMILES string of the molecule is Cc1nc(CN=C(N)Nc2ccc3c(c2)OCCCO3)sc1Br. The number of nitrogens with two attached hydrogens (primary N) is 1. The van der Waals surface area contributed by atoms with E-state index in [1.807, 2.05) is 25.1 Å². The summed E-state index contributed by atoms with van der Waals surface area (Å²) < 4.78 is 12.3. The van der Waals surface area contributed by atoms with E-state index in [-0.39, 0.29) is 0 Å². The van der Waals surface area contributed by atoms with Crippen molar-refractivity contribution >= 4 is 38.9 Å². The van der Waals surface area contributed by atoms with Crippen LogP contribution in [0.3, 0.4) is 0 Å². The molecule has 2 aromatic rings. The van der Waals surface area contributed by atoms with Crippen LogP contribution in [0.25, 0.3) is 0 Å². The largest absolute Gasteiger partial charge is 0.490 e. The fourth-order valence-electron chi connectivity index (χ4n) is 2.08. The average Bonchev–Trinajstić information content (AvgIpc) is 2.73. The lowest BCUT2D eigenvalue weighted by atomic mass is 10.3. The Labute approximate surface area is 146 Å². The number of benzene rings is 1. The third-order valence-electron chi connectivity index (χ3n) is 3.19. The van der Waals surface area contributed by atoms with Crippen molar-refractivity contribution in [2.75, 3.05) is 18.5 Å². The third kappa shape index (κ3) is 4.14. The van der Waals surface area contributed by atoms with Crippen molar-refractivity contribution in [1.82, 2.24) is 4.98 Å². The molecule has 3 rings (SSSR count). The van der Waals surface area contributed by atoms with Gasteiger partial charge in [0, 0.05) is 18.2 Å². The molecule has 0 aliphatic carbocycles. The summed E-state index contributed by atoms with van der Waals surface area (Å²) in [7, 11) is 0. The minimum atomic E-state index is 0.337. The van der Waals surface area contributed by atoms with E-state index in [0.717, 1.165) is 38.1 Å². The van der Waals surface area contributed by atoms with Crippen LogP contribution in [0.1, 0.15) is 17.1 Å². The molecule has 3 N–H and O–H groups in total. The second kappa shape index (κ2) is 7.18. The molecular weight excluding hydrogens is 380 g/mol. The van der Waals surface area contributed by atoms with Crippen LogP contribution >= 0.6 is 27.3 Å². The lowest BCUT2D eigenvalue weighted by molar-refractivity contribution is 0.297. The molecular formula is C15H17BrN4O2S. The monoisotopic (exact) mass is 396 g/mol. The van der Waals surface area contributed by atoms with Gasteiger partial charge >= 0.3 is 0 Å². The van der Waals surface area contributed by atoms with Crippen molar-refractivity contribution in [2.45, 2.75) is 19.9 Å². The van der Waals surface area contributed by atoms with Gasteiger partial charge in [0.1, 0.15) is 5.01 Å². The number of aromatic nitrogens is 1. The molecule has 2 heterocycles. The average molecular weight is 397 g/mol. The Morgan fingerprint density at radius 3 is 2.91 bits per heavy atom. The summed E-state index contributed by atoms with van der Waals surface area (Å²) in [5.74, 6) is 1.81. The molecule has 0 amide bonds. The lowest BCUT2D eigenvalue weighted by Gasteiger charge is -2.10. The van der Waals surface area contributed by atoms with Crippen LogP contribution < -0.4 is 20.5 Å². The van der Waals surface area contributed by atoms with Gasteiger partial charge in [0.15, 0.2) is 17.5 Å². The normalized spacial score (nSPS) is 14.4. The Hall–Kier alpha value is -1.80. The number of nitrogens with zero attached hydrogens (tertiary/aromatic N) is 2. The maximum atomic E-state index is 5.94. The molecule has 0 radical (unpaired) electrons. The van der Waals surface area contributed by atoms with E-state index < -0.39 is 0 Å². The van der Waals surface area contributed by atoms with Crippen molar-refractivity contribution in [3.05, 3.63) is 32.7 Å². The second-order valence-corrected chi connectivity index (χ2v) is 7.41. The number of hydrogen-bond acceptors (Lipinski definition) is 5. The van der Waals surface area contributed by atoms with E-state index in [4.69, 9.17) is 15.2 Å². The van der Waals surface area contributed by atoms with Gasteiger partial charge in [-0.25, -0.2) is 9.98 Å². The molecule has 1 aliphatic rings. The number of thiazole rings is 1. The fourth-order valence-corrected chi connectivity index (χ4v) is 3.44. The lowest BCUT2D eigenvalue weighted by Crippen LogP contribution is -2.22. The van der Waals surface area contributed by atoms with Gasteiger partial charge in [-0.05, 0) is 35.0 Å². The first-order chi connectivity index (χ1) is 11.1. The summed E-state index contributed by atoms with van der Waals surface area (Å²) in [6.07, 6.45) is 0.879.